The van der Waals surface area contributed by atoms with Crippen molar-refractivity contribution in [2.45, 2.75) is 4.90 Å². The molecule has 0 saturated heterocycles. The van der Waals surface area contributed by atoms with Crippen LogP contribution in [0.25, 0.3) is 0 Å². The molecule has 2 aromatic rings. The van der Waals surface area contributed by atoms with Gasteiger partial charge in [-0.3, -0.25) is 0 Å². The topological polar surface area (TPSA) is 81.4 Å². The molecule has 0 atom stereocenters. The predicted molar refractivity (Wildman–Crippen MR) is 80.2 cm³/mol. The molecule has 2 aromatic carbocycles. The highest BCUT2D eigenvalue weighted by Gasteiger charge is 2.11. The molecule has 112 valence electrons. The molecule has 0 unspecified atom stereocenters. The highest BCUT2D eigenvalue weighted by atomic mass is 32.2. The Hall–Kier alpha value is -2.28. The summed E-state index contributed by atoms with van der Waals surface area (Å²) in [4.78, 5) is 0.108. The van der Waals surface area contributed by atoms with Gasteiger partial charge in [-0.1, -0.05) is 0 Å². The number of nitrogens with one attached hydrogen (secondary N) is 1. The van der Waals surface area contributed by atoms with Crippen LogP contribution in [-0.4, -0.2) is 21.8 Å². The lowest BCUT2D eigenvalue weighted by Crippen LogP contribution is -2.02. The second kappa shape index (κ2) is 5.61. The van der Waals surface area contributed by atoms with E-state index in [1.807, 2.05) is 0 Å². The SMILES string of the molecule is COc1ccc(F)c(Nc2ccc(S(C)(=O)=O)cc2N)c1. The highest BCUT2D eigenvalue weighted by molar-refractivity contribution is 7.90. The molecule has 0 aliphatic rings. The number of halogens is 1. The number of sulfone groups is 1. The summed E-state index contributed by atoms with van der Waals surface area (Å²) in [6.45, 7) is 0. The van der Waals surface area contributed by atoms with Crippen molar-refractivity contribution in [3.05, 3.63) is 42.2 Å². The molecule has 0 saturated carbocycles. The Morgan fingerprint density at radius 2 is 1.86 bits per heavy atom. The van der Waals surface area contributed by atoms with Crippen LogP contribution < -0.4 is 15.8 Å². The van der Waals surface area contributed by atoms with Gasteiger partial charge in [0.2, 0.25) is 0 Å². The smallest absolute Gasteiger partial charge is 0.175 e. The summed E-state index contributed by atoms with van der Waals surface area (Å²) < 4.78 is 41.6. The number of ether oxygens (including phenoxy) is 1. The molecule has 0 heterocycles. The van der Waals surface area contributed by atoms with E-state index in [2.05, 4.69) is 5.32 Å². The average Bonchev–Trinajstić information content (AvgIpc) is 2.42. The molecule has 0 fully saturated rings. The number of anilines is 3. The Balaban J connectivity index is 2.36. The summed E-state index contributed by atoms with van der Waals surface area (Å²) in [5.74, 6) is 0.0209. The van der Waals surface area contributed by atoms with E-state index in [4.69, 9.17) is 10.5 Å². The number of nitrogens with two attached hydrogens (primary N) is 1. The Labute approximate surface area is 122 Å². The molecule has 0 aliphatic heterocycles. The van der Waals surface area contributed by atoms with Crippen LogP contribution in [-0.2, 0) is 9.84 Å². The van der Waals surface area contributed by atoms with Crippen molar-refractivity contribution >= 4 is 26.9 Å². The zero-order valence-corrected chi connectivity index (χ0v) is 12.4. The van der Waals surface area contributed by atoms with Crippen LogP contribution in [0.1, 0.15) is 0 Å². The second-order valence-corrected chi connectivity index (χ2v) is 6.51. The van der Waals surface area contributed by atoms with Crippen molar-refractivity contribution in [1.29, 1.82) is 0 Å². The van der Waals surface area contributed by atoms with Gasteiger partial charge in [-0.25, -0.2) is 12.8 Å². The van der Waals surface area contributed by atoms with E-state index in [0.717, 1.165) is 6.26 Å². The Kier molecular flexibility index (Phi) is 4.04. The molecule has 2 rings (SSSR count). The molecule has 0 spiro atoms. The van der Waals surface area contributed by atoms with Crippen molar-refractivity contribution in [3.8, 4) is 5.75 Å². The Morgan fingerprint density at radius 3 is 2.43 bits per heavy atom. The first kappa shape index (κ1) is 15.1. The van der Waals surface area contributed by atoms with Gasteiger partial charge in [0.1, 0.15) is 11.6 Å². The monoisotopic (exact) mass is 310 g/mol. The standard InChI is InChI=1S/C14H15FN2O3S/c1-20-9-3-5-11(15)14(7-9)17-13-6-4-10(8-12(13)16)21(2,18)19/h3-8,17H,16H2,1-2H3. The van der Waals surface area contributed by atoms with Crippen LogP contribution in [0.2, 0.25) is 0 Å². The fourth-order valence-electron chi connectivity index (χ4n) is 1.76. The van der Waals surface area contributed by atoms with Crippen LogP contribution in [0.3, 0.4) is 0 Å². The number of benzene rings is 2. The van der Waals surface area contributed by atoms with Crippen molar-refractivity contribution in [2.24, 2.45) is 0 Å². The van der Waals surface area contributed by atoms with Crippen molar-refractivity contribution in [3.63, 3.8) is 0 Å². The molecule has 0 amide bonds. The van der Waals surface area contributed by atoms with Gasteiger partial charge in [-0.15, -0.1) is 0 Å². The van der Waals surface area contributed by atoms with E-state index in [1.54, 1.807) is 0 Å². The zero-order valence-electron chi connectivity index (χ0n) is 11.6. The molecular formula is C14H15FN2O3S. The number of hydrogen-bond donors (Lipinski definition) is 2. The lowest BCUT2D eigenvalue weighted by Gasteiger charge is -2.12. The zero-order chi connectivity index (χ0) is 15.6. The van der Waals surface area contributed by atoms with Gasteiger partial charge < -0.3 is 15.8 Å². The number of methoxy groups -OCH3 is 1. The van der Waals surface area contributed by atoms with Crippen molar-refractivity contribution in [2.75, 3.05) is 24.4 Å². The normalized spacial score (nSPS) is 11.2. The summed E-state index contributed by atoms with van der Waals surface area (Å²) in [6.07, 6.45) is 1.09. The molecule has 0 bridgehead atoms. The molecule has 5 nitrogen and oxygen atoms in total. The third-order valence-corrected chi connectivity index (χ3v) is 4.00. The van der Waals surface area contributed by atoms with E-state index in [1.165, 1.54) is 43.5 Å². The van der Waals surface area contributed by atoms with Crippen LogP contribution in [0.15, 0.2) is 41.3 Å². The molecular weight excluding hydrogens is 295 g/mol. The van der Waals surface area contributed by atoms with Gasteiger partial charge in [-0.2, -0.15) is 0 Å². The van der Waals surface area contributed by atoms with Gasteiger partial charge in [0.15, 0.2) is 9.84 Å². The summed E-state index contributed by atoms with van der Waals surface area (Å²) in [5, 5.41) is 2.82. The Bertz CT molecular complexity index is 776. The number of rotatable bonds is 4. The van der Waals surface area contributed by atoms with Crippen LogP contribution >= 0.6 is 0 Å². The highest BCUT2D eigenvalue weighted by Crippen LogP contribution is 2.29. The fraction of sp³-hybridized carbons (Fsp3) is 0.143. The lowest BCUT2D eigenvalue weighted by atomic mass is 10.2. The maximum atomic E-state index is 13.7. The quantitative estimate of drug-likeness (QED) is 0.848. The number of nitrogen functional groups attached to an aromatic ring is 1. The molecule has 21 heavy (non-hydrogen) atoms. The van der Waals surface area contributed by atoms with Crippen LogP contribution in [0.5, 0.6) is 5.75 Å². The van der Waals surface area contributed by atoms with Gasteiger partial charge >= 0.3 is 0 Å². The minimum Gasteiger partial charge on any atom is -0.497 e. The third-order valence-electron chi connectivity index (χ3n) is 2.89. The third kappa shape index (κ3) is 3.43. The van der Waals surface area contributed by atoms with Gasteiger partial charge in [-0.05, 0) is 30.3 Å². The Morgan fingerprint density at radius 1 is 1.14 bits per heavy atom. The largest absolute Gasteiger partial charge is 0.497 e. The van der Waals surface area contributed by atoms with Crippen LogP contribution in [0, 0.1) is 5.82 Å². The minimum absolute atomic E-state index is 0.108. The first-order valence-electron chi connectivity index (χ1n) is 6.01. The summed E-state index contributed by atoms with van der Waals surface area (Å²) in [7, 11) is -1.86. The molecule has 0 aromatic heterocycles. The summed E-state index contributed by atoms with van der Waals surface area (Å²) >= 11 is 0. The molecule has 0 aliphatic carbocycles. The second-order valence-electron chi connectivity index (χ2n) is 4.49. The van der Waals surface area contributed by atoms with E-state index >= 15 is 0 Å². The van der Waals surface area contributed by atoms with Crippen LogP contribution in [0.4, 0.5) is 21.5 Å². The summed E-state index contributed by atoms with van der Waals surface area (Å²) in [6, 6.07) is 8.48. The number of hydrogen-bond acceptors (Lipinski definition) is 5. The minimum atomic E-state index is -3.34. The molecule has 0 radical (unpaired) electrons. The maximum absolute atomic E-state index is 13.7. The van der Waals surface area contributed by atoms with Gasteiger partial charge in [0.05, 0.1) is 29.1 Å². The van der Waals surface area contributed by atoms with E-state index < -0.39 is 15.7 Å². The predicted octanol–water partition coefficient (Wildman–Crippen LogP) is 2.56. The van der Waals surface area contributed by atoms with Crippen molar-refractivity contribution in [1.82, 2.24) is 0 Å². The lowest BCUT2D eigenvalue weighted by molar-refractivity contribution is 0.414. The molecule has 3 N–H and O–H groups in total. The van der Waals surface area contributed by atoms with Gasteiger partial charge in [0, 0.05) is 12.3 Å². The van der Waals surface area contributed by atoms with Crippen molar-refractivity contribution < 1.29 is 17.5 Å². The molecule has 7 heteroatoms. The fourth-order valence-corrected chi connectivity index (χ4v) is 2.41. The summed E-state index contributed by atoms with van der Waals surface area (Å²) in [5.41, 5.74) is 6.61. The van der Waals surface area contributed by atoms with E-state index in [0.29, 0.717) is 11.4 Å². The maximum Gasteiger partial charge on any atom is 0.175 e. The average molecular weight is 310 g/mol. The first-order valence-corrected chi connectivity index (χ1v) is 7.90. The van der Waals surface area contributed by atoms with Gasteiger partial charge in [0.25, 0.3) is 0 Å². The van der Waals surface area contributed by atoms with E-state index in [9.17, 15) is 12.8 Å². The van der Waals surface area contributed by atoms with E-state index in [-0.39, 0.29) is 16.3 Å². The first-order chi connectivity index (χ1) is 9.81.